The molecule has 2 nitrogen and oxygen atoms in total. The monoisotopic (exact) mass is 189 g/mol. The first kappa shape index (κ1) is 8.60. The van der Waals surface area contributed by atoms with Gasteiger partial charge in [-0.3, -0.25) is 0 Å². The third-order valence-corrected chi connectivity index (χ3v) is 2.81. The second kappa shape index (κ2) is 3.81. The zero-order valence-electron chi connectivity index (χ0n) is 6.97. The van der Waals surface area contributed by atoms with Crippen LogP contribution in [-0.4, -0.2) is 17.0 Å². The van der Waals surface area contributed by atoms with Gasteiger partial charge in [-0.25, -0.2) is 0 Å². The first-order chi connectivity index (χ1) is 6.40. The molecule has 0 bridgehead atoms. The molecule has 2 heterocycles. The second-order valence-corrected chi connectivity index (χ2v) is 3.63. The number of rotatable bonds is 2. The van der Waals surface area contributed by atoms with E-state index in [4.69, 9.17) is 5.11 Å². The molecule has 0 aliphatic carbocycles. The summed E-state index contributed by atoms with van der Waals surface area (Å²) in [6, 6.07) is 3.92. The van der Waals surface area contributed by atoms with Crippen LogP contribution in [0.4, 0.5) is 0 Å². The van der Waals surface area contributed by atoms with E-state index in [2.05, 4.69) is 4.98 Å². The summed E-state index contributed by atoms with van der Waals surface area (Å²) in [5, 5.41) is 10.8. The van der Waals surface area contributed by atoms with E-state index in [1.54, 1.807) is 17.5 Å². The van der Waals surface area contributed by atoms with Crippen LogP contribution in [0.3, 0.4) is 0 Å². The quantitative estimate of drug-likeness (QED) is 0.778. The molecule has 0 radical (unpaired) electrons. The molecule has 2 rings (SSSR count). The van der Waals surface area contributed by atoms with Crippen LogP contribution in [-0.2, 0) is 6.61 Å². The minimum absolute atomic E-state index is 0.108. The van der Waals surface area contributed by atoms with E-state index in [9.17, 15) is 0 Å². The van der Waals surface area contributed by atoms with E-state index in [1.807, 2.05) is 30.6 Å². The van der Waals surface area contributed by atoms with Gasteiger partial charge in [0.1, 0.15) is 0 Å². The van der Waals surface area contributed by atoms with Gasteiger partial charge in [0.2, 0.25) is 0 Å². The number of hydrogen-bond acceptors (Lipinski definition) is 3. The van der Waals surface area contributed by atoms with Gasteiger partial charge in [-0.2, -0.15) is 0 Å². The zero-order valence-corrected chi connectivity index (χ0v) is 7.79. The van der Waals surface area contributed by atoms with Crippen LogP contribution >= 0.6 is 11.3 Å². The molecule has 4 heteroatoms. The Morgan fingerprint density at radius 3 is 3.08 bits per heavy atom. The Morgan fingerprint density at radius 2 is 2.46 bits per heavy atom. The van der Waals surface area contributed by atoms with Crippen molar-refractivity contribution < 1.29 is 5.11 Å². The fraction of sp³-hybridized carbons (Fsp3) is 0.111. The van der Waals surface area contributed by atoms with Crippen LogP contribution in [0.5, 0.6) is 0 Å². The number of aliphatic hydroxyl groups is 1. The summed E-state index contributed by atoms with van der Waals surface area (Å²) in [6.45, 7) is 2.10. The average molecular weight is 189 g/mol. The summed E-state index contributed by atoms with van der Waals surface area (Å²) in [6.07, 6.45) is 3.58. The van der Waals surface area contributed by atoms with Gasteiger partial charge >= 0.3 is 80.6 Å². The molecular weight excluding hydrogens is 181 g/mol. The minimum atomic E-state index is 0.108. The van der Waals surface area contributed by atoms with Crippen LogP contribution < -0.4 is 0 Å². The molecule has 1 N–H and O–H groups in total. The number of pyridine rings is 1. The molecule has 0 aromatic carbocycles. The van der Waals surface area contributed by atoms with Crippen molar-refractivity contribution in [2.24, 2.45) is 0 Å². The Balaban J connectivity index is 2.36. The molecule has 0 amide bonds. The third-order valence-electron chi connectivity index (χ3n) is 1.78. The number of nitrogens with zero attached hydrogens (tertiary/aromatic N) is 1. The topological polar surface area (TPSA) is 33.1 Å². The van der Waals surface area contributed by atoms with E-state index >= 15 is 0 Å². The molecule has 0 saturated carbocycles. The predicted molar refractivity (Wildman–Crippen MR) is 54.8 cm³/mol. The van der Waals surface area contributed by atoms with Crippen molar-refractivity contribution in [2.45, 2.75) is 6.61 Å². The summed E-state index contributed by atoms with van der Waals surface area (Å²) in [7, 11) is 0. The van der Waals surface area contributed by atoms with Crippen LogP contribution in [0.15, 0.2) is 29.9 Å². The molecule has 0 saturated heterocycles. The van der Waals surface area contributed by atoms with Crippen molar-refractivity contribution in [1.82, 2.24) is 4.98 Å². The zero-order chi connectivity index (χ0) is 9.10. The number of aromatic nitrogens is 1. The van der Waals surface area contributed by atoms with Crippen molar-refractivity contribution in [2.75, 3.05) is 0 Å². The fourth-order valence-electron chi connectivity index (χ4n) is 1.12. The van der Waals surface area contributed by atoms with Gasteiger partial charge in [0.05, 0.1) is 0 Å². The van der Waals surface area contributed by atoms with Crippen LogP contribution in [0.25, 0.3) is 10.3 Å². The summed E-state index contributed by atoms with van der Waals surface area (Å²) < 4.78 is 1.15. The van der Waals surface area contributed by atoms with Gasteiger partial charge in [0, 0.05) is 0 Å². The first-order valence-electron chi connectivity index (χ1n) is 3.99. The van der Waals surface area contributed by atoms with Crippen molar-refractivity contribution in [3.63, 3.8) is 0 Å². The van der Waals surface area contributed by atoms with E-state index in [0.717, 1.165) is 15.8 Å². The van der Waals surface area contributed by atoms with Gasteiger partial charge in [-0.05, 0) is 0 Å². The van der Waals surface area contributed by atoms with Crippen LogP contribution in [0.1, 0.15) is 5.46 Å². The maximum absolute atomic E-state index is 8.89. The molecule has 0 fully saturated rings. The molecule has 2 aromatic rings. The average Bonchev–Trinajstić information content (AvgIpc) is 2.67. The molecule has 0 spiro atoms. The molecule has 13 heavy (non-hydrogen) atoms. The summed E-state index contributed by atoms with van der Waals surface area (Å²) in [5.41, 5.74) is 2.07. The Hall–Kier alpha value is -0.995. The fourth-order valence-corrected chi connectivity index (χ4v) is 2.02. The van der Waals surface area contributed by atoms with Gasteiger partial charge in [-0.1, -0.05) is 0 Å². The number of aliphatic hydroxyl groups excluding tert-OH is 1. The van der Waals surface area contributed by atoms with Gasteiger partial charge in [0.25, 0.3) is 0 Å². The van der Waals surface area contributed by atoms with E-state index in [-0.39, 0.29) is 6.61 Å². The van der Waals surface area contributed by atoms with Crippen LogP contribution in [0, 0.1) is 0 Å². The van der Waals surface area contributed by atoms with Gasteiger partial charge < -0.3 is 0 Å². The Morgan fingerprint density at radius 1 is 1.54 bits per heavy atom. The molecule has 0 aliphatic heterocycles. The SMILES string of the molecule is OCc1bc(-c2cccnc2)sc1. The summed E-state index contributed by atoms with van der Waals surface area (Å²) in [4.78, 5) is 4.04. The van der Waals surface area contributed by atoms with Gasteiger partial charge in [-0.15, -0.1) is 0 Å². The van der Waals surface area contributed by atoms with Crippen molar-refractivity contribution in [3.8, 4) is 10.3 Å². The third kappa shape index (κ3) is 1.84. The second-order valence-electron chi connectivity index (χ2n) is 2.72. The van der Waals surface area contributed by atoms with Gasteiger partial charge in [0.15, 0.2) is 0 Å². The van der Waals surface area contributed by atoms with E-state index < -0.39 is 0 Å². The molecule has 64 valence electrons. The van der Waals surface area contributed by atoms with E-state index in [0.29, 0.717) is 0 Å². The maximum atomic E-state index is 8.89. The van der Waals surface area contributed by atoms with Crippen LogP contribution in [0.2, 0.25) is 0 Å². The normalized spacial score (nSPS) is 9.92. The molecule has 0 unspecified atom stereocenters. The van der Waals surface area contributed by atoms with E-state index in [1.165, 1.54) is 0 Å². The molecule has 2 aromatic heterocycles. The Bertz CT molecular complexity index is 388. The predicted octanol–water partition coefficient (Wildman–Crippen LogP) is 1.64. The standard InChI is InChI=1S/C9H8BNOS/c12-5-8-6-13-9(10-8)7-2-1-3-11-4-7/h1-4,6,12H,5H2. The molecule has 0 aliphatic rings. The molecule has 0 atom stereocenters. The Kier molecular flexibility index (Phi) is 2.52. The molecular formula is C9H8BNOS. The summed E-state index contributed by atoms with van der Waals surface area (Å²) >= 11 is 1.63. The van der Waals surface area contributed by atoms with Crippen molar-refractivity contribution in [3.05, 3.63) is 35.4 Å². The van der Waals surface area contributed by atoms with Crippen molar-refractivity contribution >= 4 is 18.2 Å². The Labute approximate surface area is 81.1 Å². The first-order valence-corrected chi connectivity index (χ1v) is 4.87. The number of hydrogen-bond donors (Lipinski definition) is 1. The van der Waals surface area contributed by atoms with Crippen molar-refractivity contribution in [1.29, 1.82) is 0 Å². The summed E-state index contributed by atoms with van der Waals surface area (Å²) in [5.74, 6) is 0.